The number of hydrogen-bond donors (Lipinski definition) is 0. The second-order valence-electron chi connectivity index (χ2n) is 6.30. The van der Waals surface area contributed by atoms with Crippen molar-refractivity contribution in [2.24, 2.45) is 11.8 Å². The van der Waals surface area contributed by atoms with Crippen LogP contribution in [0.15, 0.2) is 36.6 Å². The van der Waals surface area contributed by atoms with Crippen LogP contribution in [0.1, 0.15) is 32.6 Å². The van der Waals surface area contributed by atoms with Crippen molar-refractivity contribution >= 4 is 0 Å². The molecule has 0 amide bonds. The number of halogens is 6. The van der Waals surface area contributed by atoms with Gasteiger partial charge >= 0.3 is 6.11 Å². The van der Waals surface area contributed by atoms with Gasteiger partial charge in [-0.05, 0) is 38.5 Å². The van der Waals surface area contributed by atoms with E-state index in [1.807, 2.05) is 19.1 Å². The Morgan fingerprint density at radius 3 is 2.19 bits per heavy atom. The first-order valence-electron chi connectivity index (χ1n) is 8.53. The van der Waals surface area contributed by atoms with Crippen molar-refractivity contribution in [3.63, 3.8) is 0 Å². The van der Waals surface area contributed by atoms with Crippen molar-refractivity contribution in [3.05, 3.63) is 48.3 Å². The average Bonchev–Trinajstić information content (AvgIpc) is 2.57. The van der Waals surface area contributed by atoms with E-state index in [0.717, 1.165) is 0 Å². The highest BCUT2D eigenvalue weighted by Crippen LogP contribution is 2.41. The molecule has 1 aliphatic carbocycles. The van der Waals surface area contributed by atoms with Crippen LogP contribution in [0.5, 0.6) is 11.5 Å². The molecule has 0 spiro atoms. The third-order valence-electron chi connectivity index (χ3n) is 4.35. The lowest BCUT2D eigenvalue weighted by Gasteiger charge is -2.32. The molecule has 0 N–H and O–H groups in total. The van der Waals surface area contributed by atoms with Crippen LogP contribution in [0.25, 0.3) is 0 Å². The van der Waals surface area contributed by atoms with Gasteiger partial charge in [-0.25, -0.2) is 17.6 Å². The van der Waals surface area contributed by atoms with Crippen molar-refractivity contribution in [1.29, 1.82) is 0 Å². The van der Waals surface area contributed by atoms with Crippen LogP contribution >= 0.6 is 0 Å². The van der Waals surface area contributed by atoms with Crippen LogP contribution in [-0.4, -0.2) is 12.5 Å². The summed E-state index contributed by atoms with van der Waals surface area (Å²) < 4.78 is 89.4. The number of rotatable bonds is 7. The minimum Gasteiger partial charge on any atom is -0.459 e. The smallest absolute Gasteiger partial charge is 0.400 e. The largest absolute Gasteiger partial charge is 0.459 e. The third kappa shape index (κ3) is 5.94. The molecule has 1 fully saturated rings. The number of hydrogen-bond acceptors (Lipinski definition) is 2. The van der Waals surface area contributed by atoms with Gasteiger partial charge in [0.15, 0.2) is 17.4 Å². The lowest BCUT2D eigenvalue weighted by Crippen LogP contribution is -2.37. The SMILES string of the molecule is C/C=C/C1CCC(C(F)(F)Oc2cc(F)c(O/C=C/C(F)F)c(F)c2)CC1. The molecule has 0 aliphatic heterocycles. The molecule has 1 aromatic carbocycles. The standard InChI is InChI=1S/C19H20F6O2/c1-2-3-12-4-6-13(7-5-12)19(24,25)27-14-10-15(20)18(16(21)11-14)26-9-8-17(22)23/h2-3,8-13,17H,4-7H2,1H3/b3-2+,9-8+. The molecule has 1 aliphatic rings. The molecule has 8 heteroatoms. The lowest BCUT2D eigenvalue weighted by molar-refractivity contribution is -0.223. The van der Waals surface area contributed by atoms with Crippen molar-refractivity contribution < 1.29 is 35.8 Å². The summed E-state index contributed by atoms with van der Waals surface area (Å²) in [5.41, 5.74) is 0. The number of allylic oxidation sites excluding steroid dienone is 3. The molecular weight excluding hydrogens is 374 g/mol. The Bertz CT molecular complexity index is 656. The topological polar surface area (TPSA) is 18.5 Å². The Morgan fingerprint density at radius 1 is 1.07 bits per heavy atom. The molecule has 0 unspecified atom stereocenters. The lowest BCUT2D eigenvalue weighted by atomic mass is 9.81. The van der Waals surface area contributed by atoms with E-state index >= 15 is 0 Å². The Hall–Kier alpha value is -2.12. The fourth-order valence-corrected chi connectivity index (χ4v) is 3.04. The molecule has 27 heavy (non-hydrogen) atoms. The molecule has 2 rings (SSSR count). The highest BCUT2D eigenvalue weighted by Gasteiger charge is 2.44. The molecule has 0 heterocycles. The Kier molecular flexibility index (Phi) is 7.21. The van der Waals surface area contributed by atoms with Gasteiger partial charge in [0.1, 0.15) is 5.75 Å². The van der Waals surface area contributed by atoms with Gasteiger partial charge in [-0.1, -0.05) is 12.2 Å². The zero-order valence-electron chi connectivity index (χ0n) is 14.6. The van der Waals surface area contributed by atoms with Crippen LogP contribution < -0.4 is 9.47 Å². The Balaban J connectivity index is 2.05. The highest BCUT2D eigenvalue weighted by molar-refractivity contribution is 5.35. The summed E-state index contributed by atoms with van der Waals surface area (Å²) in [6, 6.07) is 1.07. The van der Waals surface area contributed by atoms with E-state index in [-0.39, 0.29) is 24.8 Å². The van der Waals surface area contributed by atoms with Crippen LogP contribution in [0, 0.1) is 23.5 Å². The van der Waals surface area contributed by atoms with Crippen LogP contribution in [0.3, 0.4) is 0 Å². The zero-order valence-corrected chi connectivity index (χ0v) is 14.6. The number of ether oxygens (including phenoxy) is 2. The van der Waals surface area contributed by atoms with Gasteiger partial charge in [-0.3, -0.25) is 0 Å². The van der Waals surface area contributed by atoms with Gasteiger partial charge in [-0.15, -0.1) is 0 Å². The number of benzene rings is 1. The summed E-state index contributed by atoms with van der Waals surface area (Å²) >= 11 is 0. The predicted octanol–water partition coefficient (Wildman–Crippen LogP) is 6.48. The maximum Gasteiger partial charge on any atom is 0.400 e. The summed E-state index contributed by atoms with van der Waals surface area (Å²) in [7, 11) is 0. The fourth-order valence-electron chi connectivity index (χ4n) is 3.04. The van der Waals surface area contributed by atoms with Gasteiger partial charge < -0.3 is 9.47 Å². The van der Waals surface area contributed by atoms with Crippen molar-refractivity contribution in [1.82, 2.24) is 0 Å². The Labute approximate surface area is 153 Å². The molecule has 2 nitrogen and oxygen atoms in total. The van der Waals surface area contributed by atoms with Crippen LogP contribution in [0.4, 0.5) is 26.3 Å². The zero-order chi connectivity index (χ0) is 20.0. The minimum absolute atomic E-state index is 0.229. The van der Waals surface area contributed by atoms with E-state index in [1.54, 1.807) is 0 Å². The molecule has 1 saturated carbocycles. The molecule has 0 saturated heterocycles. The fraction of sp³-hybridized carbons (Fsp3) is 0.474. The van der Waals surface area contributed by atoms with Crippen molar-refractivity contribution in [2.75, 3.05) is 0 Å². The maximum absolute atomic E-state index is 14.4. The van der Waals surface area contributed by atoms with Gasteiger partial charge in [0.25, 0.3) is 6.43 Å². The average molecular weight is 394 g/mol. The molecular formula is C19H20F6O2. The van der Waals surface area contributed by atoms with Crippen molar-refractivity contribution in [2.45, 2.75) is 45.1 Å². The van der Waals surface area contributed by atoms with Gasteiger partial charge in [0.2, 0.25) is 0 Å². The molecule has 150 valence electrons. The summed E-state index contributed by atoms with van der Waals surface area (Å²) in [4.78, 5) is 0. The first-order chi connectivity index (χ1) is 12.7. The van der Waals surface area contributed by atoms with Gasteiger partial charge in [0, 0.05) is 18.2 Å². The third-order valence-corrected chi connectivity index (χ3v) is 4.35. The quantitative estimate of drug-likeness (QED) is 0.300. The normalized spacial score (nSPS) is 21.3. The van der Waals surface area contributed by atoms with Crippen LogP contribution in [-0.2, 0) is 0 Å². The second kappa shape index (κ2) is 9.19. The first-order valence-corrected chi connectivity index (χ1v) is 8.53. The highest BCUT2D eigenvalue weighted by atomic mass is 19.3. The van der Waals surface area contributed by atoms with E-state index in [9.17, 15) is 26.3 Å². The van der Waals surface area contributed by atoms with Crippen LogP contribution in [0.2, 0.25) is 0 Å². The van der Waals surface area contributed by atoms with E-state index in [2.05, 4.69) is 9.47 Å². The van der Waals surface area contributed by atoms with E-state index in [1.165, 1.54) is 0 Å². The molecule has 0 bridgehead atoms. The van der Waals surface area contributed by atoms with E-state index in [4.69, 9.17) is 0 Å². The summed E-state index contributed by atoms with van der Waals surface area (Å²) in [6.45, 7) is 1.86. The summed E-state index contributed by atoms with van der Waals surface area (Å²) in [6.07, 6.45) is -0.268. The molecule has 1 aromatic rings. The van der Waals surface area contributed by atoms with Gasteiger partial charge in [0.05, 0.1) is 12.2 Å². The number of alkyl halides is 4. The Morgan fingerprint density at radius 2 is 1.67 bits per heavy atom. The maximum atomic E-state index is 14.4. The van der Waals surface area contributed by atoms with Gasteiger partial charge in [-0.2, -0.15) is 8.78 Å². The minimum atomic E-state index is -3.59. The predicted molar refractivity (Wildman–Crippen MR) is 88.0 cm³/mol. The second-order valence-corrected chi connectivity index (χ2v) is 6.30. The first kappa shape index (κ1) is 21.2. The molecule has 0 atom stereocenters. The van der Waals surface area contributed by atoms with E-state index in [0.29, 0.717) is 31.2 Å². The van der Waals surface area contributed by atoms with E-state index < -0.39 is 41.6 Å². The molecule has 0 aromatic heterocycles. The summed E-state index contributed by atoms with van der Waals surface area (Å²) in [5, 5.41) is 0. The monoisotopic (exact) mass is 394 g/mol. The molecule has 0 radical (unpaired) electrons. The van der Waals surface area contributed by atoms with Crippen molar-refractivity contribution in [3.8, 4) is 11.5 Å². The summed E-state index contributed by atoms with van der Waals surface area (Å²) in [5.74, 6) is -5.16.